The Morgan fingerprint density at radius 1 is 1.12 bits per heavy atom. The lowest BCUT2D eigenvalue weighted by molar-refractivity contribution is 0.768. The van der Waals surface area contributed by atoms with Gasteiger partial charge in [-0.25, -0.2) is 0 Å². The SMILES string of the molecule is CN(C)c1ccc(Nc2cnn(C)c2)cc1. The molecule has 84 valence electrons. The minimum atomic E-state index is 1.00. The molecule has 0 radical (unpaired) electrons. The zero-order chi connectivity index (χ0) is 11.5. The molecule has 1 heterocycles. The van der Waals surface area contributed by atoms with Crippen LogP contribution in [0.25, 0.3) is 0 Å². The highest BCUT2D eigenvalue weighted by Crippen LogP contribution is 2.19. The van der Waals surface area contributed by atoms with Crippen LogP contribution in [0.1, 0.15) is 0 Å². The molecular formula is C12H16N4. The molecule has 2 rings (SSSR count). The number of aryl methyl sites for hydroxylation is 1. The molecule has 0 aliphatic heterocycles. The first-order valence-electron chi connectivity index (χ1n) is 5.18. The highest BCUT2D eigenvalue weighted by molar-refractivity contribution is 5.61. The summed E-state index contributed by atoms with van der Waals surface area (Å²) in [6, 6.07) is 8.28. The van der Waals surface area contributed by atoms with Crippen molar-refractivity contribution >= 4 is 17.1 Å². The van der Waals surface area contributed by atoms with Crippen molar-refractivity contribution in [1.82, 2.24) is 9.78 Å². The van der Waals surface area contributed by atoms with Gasteiger partial charge in [0.15, 0.2) is 0 Å². The number of nitrogens with zero attached hydrogens (tertiary/aromatic N) is 3. The first-order valence-corrected chi connectivity index (χ1v) is 5.18. The number of benzene rings is 1. The molecule has 0 bridgehead atoms. The fourth-order valence-electron chi connectivity index (χ4n) is 1.50. The van der Waals surface area contributed by atoms with Crippen molar-refractivity contribution in [3.05, 3.63) is 36.7 Å². The first-order chi connectivity index (χ1) is 7.65. The summed E-state index contributed by atoms with van der Waals surface area (Å²) < 4.78 is 1.77. The maximum atomic E-state index is 4.10. The lowest BCUT2D eigenvalue weighted by atomic mass is 10.2. The normalized spacial score (nSPS) is 10.2. The summed E-state index contributed by atoms with van der Waals surface area (Å²) in [5, 5.41) is 7.39. The second-order valence-corrected chi connectivity index (χ2v) is 3.97. The number of rotatable bonds is 3. The zero-order valence-electron chi connectivity index (χ0n) is 9.81. The van der Waals surface area contributed by atoms with Gasteiger partial charge in [0.2, 0.25) is 0 Å². The molecule has 0 aliphatic rings. The second-order valence-electron chi connectivity index (χ2n) is 3.97. The van der Waals surface area contributed by atoms with Gasteiger partial charge in [0.1, 0.15) is 0 Å². The van der Waals surface area contributed by atoms with Crippen LogP contribution in [0.15, 0.2) is 36.7 Å². The molecular weight excluding hydrogens is 200 g/mol. The highest BCUT2D eigenvalue weighted by Gasteiger charge is 1.98. The summed E-state index contributed by atoms with van der Waals surface area (Å²) in [6.07, 6.45) is 3.75. The first kappa shape index (κ1) is 10.5. The number of anilines is 3. The molecule has 1 aromatic heterocycles. The average Bonchev–Trinajstić information content (AvgIpc) is 2.65. The Balaban J connectivity index is 2.11. The van der Waals surface area contributed by atoms with E-state index in [1.165, 1.54) is 5.69 Å². The van der Waals surface area contributed by atoms with Crippen LogP contribution in [0.3, 0.4) is 0 Å². The summed E-state index contributed by atoms with van der Waals surface area (Å²) in [7, 11) is 5.97. The van der Waals surface area contributed by atoms with Crippen LogP contribution in [0.4, 0.5) is 17.1 Å². The van der Waals surface area contributed by atoms with Crippen LogP contribution in [-0.2, 0) is 7.05 Å². The predicted octanol–water partition coefficient (Wildman–Crippen LogP) is 2.23. The Bertz CT molecular complexity index is 456. The molecule has 0 atom stereocenters. The van der Waals surface area contributed by atoms with Crippen molar-refractivity contribution in [3.63, 3.8) is 0 Å². The zero-order valence-corrected chi connectivity index (χ0v) is 9.81. The molecule has 16 heavy (non-hydrogen) atoms. The molecule has 2 aromatic rings. The van der Waals surface area contributed by atoms with Gasteiger partial charge < -0.3 is 10.2 Å². The Kier molecular flexibility index (Phi) is 2.81. The molecule has 0 unspecified atom stereocenters. The van der Waals surface area contributed by atoms with E-state index in [1.54, 1.807) is 10.9 Å². The molecule has 1 aromatic carbocycles. The average molecular weight is 216 g/mol. The van der Waals surface area contributed by atoms with Crippen LogP contribution in [0.2, 0.25) is 0 Å². The van der Waals surface area contributed by atoms with Crippen molar-refractivity contribution in [2.75, 3.05) is 24.3 Å². The van der Waals surface area contributed by atoms with E-state index in [4.69, 9.17) is 0 Å². The van der Waals surface area contributed by atoms with E-state index < -0.39 is 0 Å². The number of hydrogen-bond donors (Lipinski definition) is 1. The van der Waals surface area contributed by atoms with Gasteiger partial charge in [0.25, 0.3) is 0 Å². The van der Waals surface area contributed by atoms with Crippen LogP contribution >= 0.6 is 0 Å². The van der Waals surface area contributed by atoms with E-state index in [2.05, 4.69) is 39.6 Å². The third-order valence-corrected chi connectivity index (χ3v) is 2.38. The fraction of sp³-hybridized carbons (Fsp3) is 0.250. The fourth-order valence-corrected chi connectivity index (χ4v) is 1.50. The molecule has 0 spiro atoms. The van der Waals surface area contributed by atoms with Gasteiger partial charge in [0, 0.05) is 38.7 Å². The molecule has 4 heteroatoms. The van der Waals surface area contributed by atoms with E-state index in [1.807, 2.05) is 27.3 Å². The van der Waals surface area contributed by atoms with Gasteiger partial charge in [0.05, 0.1) is 11.9 Å². The van der Waals surface area contributed by atoms with Gasteiger partial charge in [-0.2, -0.15) is 5.10 Å². The smallest absolute Gasteiger partial charge is 0.0770 e. The van der Waals surface area contributed by atoms with Crippen LogP contribution in [0.5, 0.6) is 0 Å². The molecule has 0 saturated heterocycles. The monoisotopic (exact) mass is 216 g/mol. The summed E-state index contributed by atoms with van der Waals surface area (Å²) in [4.78, 5) is 2.08. The molecule has 0 saturated carbocycles. The Labute approximate surface area is 95.5 Å². The molecule has 1 N–H and O–H groups in total. The van der Waals surface area contributed by atoms with Crippen molar-refractivity contribution in [1.29, 1.82) is 0 Å². The minimum Gasteiger partial charge on any atom is -0.378 e. The second kappa shape index (κ2) is 4.26. The molecule has 4 nitrogen and oxygen atoms in total. The maximum Gasteiger partial charge on any atom is 0.0770 e. The lowest BCUT2D eigenvalue weighted by Gasteiger charge is -2.12. The van der Waals surface area contributed by atoms with E-state index in [-0.39, 0.29) is 0 Å². The third kappa shape index (κ3) is 2.34. The van der Waals surface area contributed by atoms with Crippen molar-refractivity contribution in [2.45, 2.75) is 0 Å². The topological polar surface area (TPSA) is 33.1 Å². The number of aromatic nitrogens is 2. The lowest BCUT2D eigenvalue weighted by Crippen LogP contribution is -2.08. The number of nitrogens with one attached hydrogen (secondary N) is 1. The molecule has 0 fully saturated rings. The van der Waals surface area contributed by atoms with Crippen molar-refractivity contribution < 1.29 is 0 Å². The highest BCUT2D eigenvalue weighted by atomic mass is 15.3. The van der Waals surface area contributed by atoms with Crippen LogP contribution < -0.4 is 10.2 Å². The Hall–Kier alpha value is -1.97. The standard InChI is InChI=1S/C12H16N4/c1-15(2)12-6-4-10(5-7-12)14-11-8-13-16(3)9-11/h4-9,14H,1-3H3. The predicted molar refractivity (Wildman–Crippen MR) is 67.3 cm³/mol. The molecule has 0 amide bonds. The van der Waals surface area contributed by atoms with Crippen molar-refractivity contribution in [3.8, 4) is 0 Å². The van der Waals surface area contributed by atoms with E-state index >= 15 is 0 Å². The van der Waals surface area contributed by atoms with Crippen molar-refractivity contribution in [2.24, 2.45) is 7.05 Å². The number of hydrogen-bond acceptors (Lipinski definition) is 3. The quantitative estimate of drug-likeness (QED) is 0.854. The minimum absolute atomic E-state index is 1.00. The van der Waals surface area contributed by atoms with Gasteiger partial charge in [-0.15, -0.1) is 0 Å². The summed E-state index contributed by atoms with van der Waals surface area (Å²) >= 11 is 0. The van der Waals surface area contributed by atoms with Crippen LogP contribution in [-0.4, -0.2) is 23.9 Å². The Morgan fingerprint density at radius 3 is 2.31 bits per heavy atom. The van der Waals surface area contributed by atoms with Gasteiger partial charge >= 0.3 is 0 Å². The van der Waals surface area contributed by atoms with Gasteiger partial charge in [-0.3, -0.25) is 4.68 Å². The van der Waals surface area contributed by atoms with E-state index in [0.717, 1.165) is 11.4 Å². The van der Waals surface area contributed by atoms with Crippen LogP contribution in [0, 0.1) is 0 Å². The van der Waals surface area contributed by atoms with Gasteiger partial charge in [-0.05, 0) is 24.3 Å². The third-order valence-electron chi connectivity index (χ3n) is 2.38. The Morgan fingerprint density at radius 2 is 1.81 bits per heavy atom. The largest absolute Gasteiger partial charge is 0.378 e. The summed E-state index contributed by atoms with van der Waals surface area (Å²) in [5.41, 5.74) is 3.26. The summed E-state index contributed by atoms with van der Waals surface area (Å²) in [6.45, 7) is 0. The van der Waals surface area contributed by atoms with E-state index in [9.17, 15) is 0 Å². The maximum absolute atomic E-state index is 4.10. The summed E-state index contributed by atoms with van der Waals surface area (Å²) in [5.74, 6) is 0. The van der Waals surface area contributed by atoms with Gasteiger partial charge in [-0.1, -0.05) is 0 Å². The molecule has 0 aliphatic carbocycles. The van der Waals surface area contributed by atoms with E-state index in [0.29, 0.717) is 0 Å².